The Morgan fingerprint density at radius 2 is 1.56 bits per heavy atom. The van der Waals surface area contributed by atoms with Crippen molar-refractivity contribution in [3.63, 3.8) is 0 Å². The van der Waals surface area contributed by atoms with Gasteiger partial charge < -0.3 is 14.8 Å². The summed E-state index contributed by atoms with van der Waals surface area (Å²) in [6.45, 7) is 4.13. The molecule has 186 valence electrons. The minimum Gasteiger partial charge on any atom is -0.493 e. The predicted molar refractivity (Wildman–Crippen MR) is 144 cm³/mol. The molecule has 6 heteroatoms. The summed E-state index contributed by atoms with van der Waals surface area (Å²) in [5.74, 6) is 1.20. The van der Waals surface area contributed by atoms with Crippen LogP contribution >= 0.6 is 0 Å². The Hall–Kier alpha value is -4.06. The molecule has 1 heterocycles. The molecule has 1 N–H and O–H groups in total. The van der Waals surface area contributed by atoms with Gasteiger partial charge in [-0.3, -0.25) is 14.2 Å². The maximum atomic E-state index is 13.6. The van der Waals surface area contributed by atoms with E-state index < -0.39 is 0 Å². The molecule has 4 rings (SSSR count). The monoisotopic (exact) mass is 484 g/mol. The molecule has 3 aromatic carbocycles. The van der Waals surface area contributed by atoms with E-state index in [1.54, 1.807) is 20.3 Å². The lowest BCUT2D eigenvalue weighted by molar-refractivity contribution is -0.116. The summed E-state index contributed by atoms with van der Waals surface area (Å²) in [6.07, 6.45) is 1.29. The average molecular weight is 485 g/mol. The van der Waals surface area contributed by atoms with Gasteiger partial charge in [0.1, 0.15) is 6.54 Å². The number of rotatable bonds is 9. The summed E-state index contributed by atoms with van der Waals surface area (Å²) in [4.78, 5) is 26.6. The number of amides is 1. The largest absolute Gasteiger partial charge is 0.493 e. The summed E-state index contributed by atoms with van der Waals surface area (Å²) in [5, 5.41) is 3.73. The Morgan fingerprint density at radius 3 is 2.19 bits per heavy atom. The van der Waals surface area contributed by atoms with Gasteiger partial charge in [-0.15, -0.1) is 0 Å². The van der Waals surface area contributed by atoms with Gasteiger partial charge in [0.05, 0.1) is 19.7 Å². The van der Waals surface area contributed by atoms with E-state index in [1.165, 1.54) is 10.1 Å². The van der Waals surface area contributed by atoms with E-state index in [9.17, 15) is 9.59 Å². The first-order chi connectivity index (χ1) is 17.4. The lowest BCUT2D eigenvalue weighted by Gasteiger charge is -2.16. The fourth-order valence-electron chi connectivity index (χ4n) is 4.32. The third-order valence-electron chi connectivity index (χ3n) is 6.36. The molecule has 0 fully saturated rings. The number of carbonyl (C=O) groups excluding carboxylic acids is 1. The molecule has 0 aliphatic heterocycles. The molecule has 0 aliphatic carbocycles. The Morgan fingerprint density at radius 1 is 0.889 bits per heavy atom. The number of nitrogens with zero attached hydrogens (tertiary/aromatic N) is 1. The lowest BCUT2D eigenvalue weighted by atomic mass is 10.0. The van der Waals surface area contributed by atoms with Gasteiger partial charge in [0.15, 0.2) is 11.5 Å². The van der Waals surface area contributed by atoms with Crippen molar-refractivity contribution in [3.8, 4) is 11.5 Å². The first-order valence-corrected chi connectivity index (χ1v) is 12.1. The van der Waals surface area contributed by atoms with E-state index in [1.807, 2.05) is 66.7 Å². The molecule has 0 unspecified atom stereocenters. The predicted octanol–water partition coefficient (Wildman–Crippen LogP) is 5.57. The highest BCUT2D eigenvalue weighted by atomic mass is 16.5. The number of pyridine rings is 1. The van der Waals surface area contributed by atoms with E-state index in [0.29, 0.717) is 40.6 Å². The molecule has 6 nitrogen and oxygen atoms in total. The number of aromatic nitrogens is 1. The highest BCUT2D eigenvalue weighted by molar-refractivity contribution is 5.92. The number of aryl methyl sites for hydroxylation is 2. The number of methoxy groups -OCH3 is 2. The Kier molecular flexibility index (Phi) is 7.74. The van der Waals surface area contributed by atoms with Crippen LogP contribution in [0.25, 0.3) is 10.9 Å². The first-order valence-electron chi connectivity index (χ1n) is 12.1. The smallest absolute Gasteiger partial charge is 0.254 e. The third kappa shape index (κ3) is 5.60. The molecular formula is C30H32N2O4. The van der Waals surface area contributed by atoms with Crippen LogP contribution in [0.4, 0.5) is 5.69 Å². The van der Waals surface area contributed by atoms with E-state index in [2.05, 4.69) is 19.2 Å². The van der Waals surface area contributed by atoms with Crippen molar-refractivity contribution in [3.05, 3.63) is 99.8 Å². The van der Waals surface area contributed by atoms with Crippen LogP contribution in [-0.2, 0) is 24.2 Å². The van der Waals surface area contributed by atoms with Crippen molar-refractivity contribution in [2.45, 2.75) is 39.2 Å². The number of nitrogens with one attached hydrogen (secondary N) is 1. The van der Waals surface area contributed by atoms with Crippen LogP contribution in [0.15, 0.2) is 77.6 Å². The molecule has 0 atom stereocenters. The molecule has 0 spiro atoms. The van der Waals surface area contributed by atoms with Crippen LogP contribution in [0.1, 0.15) is 36.5 Å². The normalized spacial score (nSPS) is 11.0. The molecule has 1 aromatic heterocycles. The van der Waals surface area contributed by atoms with Crippen molar-refractivity contribution < 1.29 is 14.3 Å². The highest BCUT2D eigenvalue weighted by Crippen LogP contribution is 2.32. The minimum absolute atomic E-state index is 0.115. The lowest BCUT2D eigenvalue weighted by Crippen LogP contribution is -2.30. The minimum atomic E-state index is -0.273. The van der Waals surface area contributed by atoms with Crippen LogP contribution in [-0.4, -0.2) is 24.7 Å². The van der Waals surface area contributed by atoms with E-state index in [4.69, 9.17) is 9.47 Å². The fraction of sp³-hybridized carbons (Fsp3) is 0.267. The second kappa shape index (κ2) is 11.1. The van der Waals surface area contributed by atoms with Crippen molar-refractivity contribution in [2.75, 3.05) is 19.5 Å². The quantitative estimate of drug-likeness (QED) is 0.337. The number of fused-ring (bicyclic) bond motifs is 1. The standard InChI is InChI=1S/C30H32N2O4/c1-20(2)22-12-14-25(15-13-22)31-29(33)19-32-26-18-28(36-4)27(35-3)17-24(26)16-23(30(32)34)11-10-21-8-6-5-7-9-21/h5-9,12-18,20H,10-11,19H2,1-4H3,(H,31,33). The fourth-order valence-corrected chi connectivity index (χ4v) is 4.32. The zero-order chi connectivity index (χ0) is 25.7. The molecule has 0 radical (unpaired) electrons. The number of hydrogen-bond donors (Lipinski definition) is 1. The molecule has 1 amide bonds. The molecule has 0 saturated heterocycles. The first kappa shape index (κ1) is 25.0. The maximum Gasteiger partial charge on any atom is 0.254 e. The van der Waals surface area contributed by atoms with Crippen molar-refractivity contribution in [2.24, 2.45) is 0 Å². The van der Waals surface area contributed by atoms with Gasteiger partial charge in [0.25, 0.3) is 5.56 Å². The highest BCUT2D eigenvalue weighted by Gasteiger charge is 2.16. The molecule has 4 aromatic rings. The van der Waals surface area contributed by atoms with Crippen LogP contribution < -0.4 is 20.3 Å². The van der Waals surface area contributed by atoms with Gasteiger partial charge in [0.2, 0.25) is 5.91 Å². The van der Waals surface area contributed by atoms with Crippen LogP contribution in [0, 0.1) is 0 Å². The van der Waals surface area contributed by atoms with E-state index >= 15 is 0 Å². The van der Waals surface area contributed by atoms with Crippen LogP contribution in [0.2, 0.25) is 0 Å². The Bertz CT molecular complexity index is 1410. The van der Waals surface area contributed by atoms with Gasteiger partial charge in [0, 0.05) is 22.7 Å². The van der Waals surface area contributed by atoms with Gasteiger partial charge in [-0.1, -0.05) is 56.3 Å². The molecule has 36 heavy (non-hydrogen) atoms. The number of hydrogen-bond acceptors (Lipinski definition) is 4. The molecule has 0 saturated carbocycles. The summed E-state index contributed by atoms with van der Waals surface area (Å²) in [5.41, 5.74) is 4.12. The second-order valence-corrected chi connectivity index (χ2v) is 9.14. The summed E-state index contributed by atoms with van der Waals surface area (Å²) >= 11 is 0. The number of ether oxygens (including phenoxy) is 2. The second-order valence-electron chi connectivity index (χ2n) is 9.14. The maximum absolute atomic E-state index is 13.6. The van der Waals surface area contributed by atoms with E-state index in [0.717, 1.165) is 17.4 Å². The summed E-state index contributed by atoms with van der Waals surface area (Å²) < 4.78 is 12.5. The van der Waals surface area contributed by atoms with Gasteiger partial charge in [-0.25, -0.2) is 0 Å². The third-order valence-corrected chi connectivity index (χ3v) is 6.36. The van der Waals surface area contributed by atoms with E-state index in [-0.39, 0.29) is 18.0 Å². The van der Waals surface area contributed by atoms with Gasteiger partial charge >= 0.3 is 0 Å². The van der Waals surface area contributed by atoms with Crippen LogP contribution in [0.3, 0.4) is 0 Å². The average Bonchev–Trinajstić information content (AvgIpc) is 2.89. The summed E-state index contributed by atoms with van der Waals surface area (Å²) in [7, 11) is 3.13. The molecule has 0 bridgehead atoms. The topological polar surface area (TPSA) is 69.6 Å². The number of anilines is 1. The van der Waals surface area contributed by atoms with Crippen LogP contribution in [0.5, 0.6) is 11.5 Å². The van der Waals surface area contributed by atoms with Gasteiger partial charge in [-0.2, -0.15) is 0 Å². The number of carbonyl (C=O) groups is 1. The Balaban J connectivity index is 1.69. The molecular weight excluding hydrogens is 452 g/mol. The van der Waals surface area contributed by atoms with Crippen molar-refractivity contribution in [1.29, 1.82) is 0 Å². The zero-order valence-electron chi connectivity index (χ0n) is 21.2. The van der Waals surface area contributed by atoms with Crippen molar-refractivity contribution >= 4 is 22.5 Å². The Labute approximate surface area is 211 Å². The number of benzene rings is 3. The SMILES string of the molecule is COc1cc2cc(CCc3ccccc3)c(=O)n(CC(=O)Nc3ccc(C(C)C)cc3)c2cc1OC. The van der Waals surface area contributed by atoms with Gasteiger partial charge in [-0.05, 0) is 54.2 Å². The van der Waals surface area contributed by atoms with Crippen molar-refractivity contribution in [1.82, 2.24) is 4.57 Å². The molecule has 0 aliphatic rings. The zero-order valence-corrected chi connectivity index (χ0v) is 21.2. The summed E-state index contributed by atoms with van der Waals surface area (Å²) in [6, 6.07) is 23.3.